The summed E-state index contributed by atoms with van der Waals surface area (Å²) in [4.78, 5) is 37.2. The van der Waals surface area contributed by atoms with E-state index in [0.29, 0.717) is 5.82 Å². The lowest BCUT2D eigenvalue weighted by Crippen LogP contribution is -2.45. The number of piperazine rings is 1. The van der Waals surface area contributed by atoms with Gasteiger partial charge < -0.3 is 24.6 Å². The van der Waals surface area contributed by atoms with Gasteiger partial charge in [0.15, 0.2) is 0 Å². The van der Waals surface area contributed by atoms with Gasteiger partial charge in [-0.05, 0) is 43.4 Å². The molecular weight excluding hydrogens is 558 g/mol. The predicted molar refractivity (Wildman–Crippen MR) is 146 cm³/mol. The fourth-order valence-corrected chi connectivity index (χ4v) is 5.18. The number of rotatable bonds is 8. The van der Waals surface area contributed by atoms with Gasteiger partial charge in [-0.2, -0.15) is 8.78 Å². The minimum Gasteiger partial charge on any atom is -0.497 e. The largest absolute Gasteiger partial charge is 0.497 e. The monoisotopic (exact) mass is 587 g/mol. The number of alkyl halides is 2. The number of aromatic nitrogens is 1. The number of ether oxygens (including phenoxy) is 2. The van der Waals surface area contributed by atoms with E-state index in [1.165, 1.54) is 36.3 Å². The van der Waals surface area contributed by atoms with Crippen LogP contribution < -0.4 is 24.6 Å². The second-order valence-electron chi connectivity index (χ2n) is 10.1. The molecule has 5 rings (SSSR count). The van der Waals surface area contributed by atoms with Crippen molar-refractivity contribution in [1.29, 1.82) is 0 Å². The molecule has 13 heteroatoms. The van der Waals surface area contributed by atoms with Crippen LogP contribution >= 0.6 is 0 Å². The molecule has 3 aromatic rings. The third-order valence-corrected chi connectivity index (χ3v) is 7.42. The Morgan fingerprint density at radius 3 is 2.24 bits per heavy atom. The van der Waals surface area contributed by atoms with Crippen molar-refractivity contribution in [2.24, 2.45) is 0 Å². The summed E-state index contributed by atoms with van der Waals surface area (Å²) in [6, 6.07) is 10.7. The highest BCUT2D eigenvalue weighted by Crippen LogP contribution is 2.36. The summed E-state index contributed by atoms with van der Waals surface area (Å²) in [6.07, 6.45) is 0. The molecule has 2 aliphatic heterocycles. The Bertz CT molecular complexity index is 1430. The molecule has 2 amide bonds. The molecule has 1 N–H and O–H groups in total. The molecule has 0 radical (unpaired) electrons. The number of nitrogens with one attached hydrogen (secondary N) is 1. The van der Waals surface area contributed by atoms with Gasteiger partial charge in [-0.15, -0.1) is 0 Å². The van der Waals surface area contributed by atoms with Gasteiger partial charge in [0, 0.05) is 61.9 Å². The van der Waals surface area contributed by atoms with Crippen molar-refractivity contribution in [2.75, 3.05) is 56.7 Å². The summed E-state index contributed by atoms with van der Waals surface area (Å²) in [7, 11) is 3.30. The van der Waals surface area contributed by atoms with Gasteiger partial charge in [0.1, 0.15) is 40.8 Å². The smallest absolute Gasteiger partial charge is 0.387 e. The topological polar surface area (TPSA) is 87.2 Å². The molecule has 2 atom stereocenters. The number of carbonyl (C=O) groups excluding carboxylic acids is 2. The van der Waals surface area contributed by atoms with E-state index < -0.39 is 42.0 Å². The van der Waals surface area contributed by atoms with Crippen molar-refractivity contribution < 1.29 is 36.6 Å². The number of anilines is 2. The summed E-state index contributed by atoms with van der Waals surface area (Å²) in [5.41, 5.74) is -0.347. The van der Waals surface area contributed by atoms with Crippen molar-refractivity contribution >= 4 is 23.5 Å². The number of pyridine rings is 1. The van der Waals surface area contributed by atoms with E-state index >= 15 is 8.78 Å². The number of hydrogen-bond acceptors (Lipinski definition) is 7. The molecule has 2 aliphatic rings. The van der Waals surface area contributed by atoms with Gasteiger partial charge in [0.25, 0.3) is 11.8 Å². The molecule has 9 nitrogen and oxygen atoms in total. The molecule has 2 saturated heterocycles. The average molecular weight is 588 g/mol. The summed E-state index contributed by atoms with van der Waals surface area (Å²) < 4.78 is 64.8. The molecule has 3 heterocycles. The van der Waals surface area contributed by atoms with Crippen LogP contribution in [0.3, 0.4) is 0 Å². The first kappa shape index (κ1) is 29.1. The van der Waals surface area contributed by atoms with Crippen molar-refractivity contribution in [3.8, 4) is 11.5 Å². The van der Waals surface area contributed by atoms with Crippen LogP contribution in [0.15, 0.2) is 54.6 Å². The molecule has 0 aliphatic carbocycles. The van der Waals surface area contributed by atoms with Gasteiger partial charge in [0.05, 0.1) is 7.11 Å². The predicted octanol–water partition coefficient (Wildman–Crippen LogP) is 3.65. The van der Waals surface area contributed by atoms with E-state index in [4.69, 9.17) is 4.74 Å². The second kappa shape index (κ2) is 12.2. The summed E-state index contributed by atoms with van der Waals surface area (Å²) in [5, 5.41) is 2.59. The van der Waals surface area contributed by atoms with Crippen LogP contribution in [0, 0.1) is 11.6 Å². The lowest BCUT2D eigenvalue weighted by atomic mass is 9.92. The van der Waals surface area contributed by atoms with Crippen LogP contribution in [0.5, 0.6) is 11.5 Å². The summed E-state index contributed by atoms with van der Waals surface area (Å²) in [5.74, 6) is -3.59. The molecule has 2 fully saturated rings. The SMILES string of the molecule is COc1cc(F)c([C@@H]2CN(c3cccc(N4CCN(C)CC4)n3)C(=O)[C@H]2NC(=O)c2ccc(OC(F)F)cc2)c(F)c1. The Morgan fingerprint density at radius 1 is 0.976 bits per heavy atom. The second-order valence-corrected chi connectivity index (χ2v) is 10.1. The highest BCUT2D eigenvalue weighted by atomic mass is 19.3. The number of nitrogens with zero attached hydrogens (tertiary/aromatic N) is 4. The summed E-state index contributed by atoms with van der Waals surface area (Å²) in [6.45, 7) is -0.0294. The van der Waals surface area contributed by atoms with Crippen molar-refractivity contribution in [1.82, 2.24) is 15.2 Å². The van der Waals surface area contributed by atoms with Crippen LogP contribution in [0.25, 0.3) is 0 Å². The third-order valence-electron chi connectivity index (χ3n) is 7.42. The van der Waals surface area contributed by atoms with Gasteiger partial charge in [0.2, 0.25) is 0 Å². The van der Waals surface area contributed by atoms with E-state index in [0.717, 1.165) is 38.3 Å². The van der Waals surface area contributed by atoms with Crippen molar-refractivity contribution in [2.45, 2.75) is 18.6 Å². The van der Waals surface area contributed by atoms with Crippen molar-refractivity contribution in [3.05, 3.63) is 77.4 Å². The van der Waals surface area contributed by atoms with Gasteiger partial charge >= 0.3 is 6.61 Å². The Labute approximate surface area is 239 Å². The highest BCUT2D eigenvalue weighted by molar-refractivity contribution is 6.04. The number of likely N-dealkylation sites (N-methyl/N-ethyl adjacent to an activating group) is 1. The molecule has 1 aromatic heterocycles. The fraction of sp³-hybridized carbons (Fsp3) is 0.345. The normalized spacial score (nSPS) is 19.4. The number of benzene rings is 2. The molecule has 222 valence electrons. The highest BCUT2D eigenvalue weighted by Gasteiger charge is 2.45. The Balaban J connectivity index is 1.46. The number of carbonyl (C=O) groups is 2. The molecule has 0 unspecified atom stereocenters. The summed E-state index contributed by atoms with van der Waals surface area (Å²) >= 11 is 0. The quantitative estimate of drug-likeness (QED) is 0.403. The van der Waals surface area contributed by atoms with E-state index in [2.05, 4.69) is 24.8 Å². The first-order valence-corrected chi connectivity index (χ1v) is 13.2. The standard InChI is InChI=1S/C29H29F4N5O4/c1-36-10-12-37(13-11-36)23-4-3-5-24(34-23)38-16-20(25-21(30)14-19(41-2)15-22(25)31)26(28(38)40)35-27(39)17-6-8-18(9-7-17)42-29(32)33/h3-9,14-15,20,26,29H,10-13,16H2,1-2H3,(H,35,39)/t20-,26-/m0/s1. The van der Waals surface area contributed by atoms with Gasteiger partial charge in [-0.3, -0.25) is 14.5 Å². The lowest BCUT2D eigenvalue weighted by Gasteiger charge is -2.33. The molecule has 2 aromatic carbocycles. The average Bonchev–Trinajstić information content (AvgIpc) is 3.28. The zero-order valence-electron chi connectivity index (χ0n) is 22.9. The van der Waals surface area contributed by atoms with Crippen LogP contribution in [0.1, 0.15) is 21.8 Å². The number of halogens is 4. The van der Waals surface area contributed by atoms with Crippen molar-refractivity contribution in [3.63, 3.8) is 0 Å². The Morgan fingerprint density at radius 2 is 1.62 bits per heavy atom. The zero-order valence-corrected chi connectivity index (χ0v) is 22.9. The molecule has 0 saturated carbocycles. The third kappa shape index (κ3) is 6.10. The van der Waals surface area contributed by atoms with Crippen LogP contribution in [-0.4, -0.2) is 81.2 Å². The van der Waals surface area contributed by atoms with Crippen LogP contribution in [-0.2, 0) is 4.79 Å². The van der Waals surface area contributed by atoms with Crippen LogP contribution in [0.2, 0.25) is 0 Å². The molecule has 0 bridgehead atoms. The molecular formula is C29H29F4N5O4. The fourth-order valence-electron chi connectivity index (χ4n) is 5.18. The van der Waals surface area contributed by atoms with Gasteiger partial charge in [-0.25, -0.2) is 13.8 Å². The first-order chi connectivity index (χ1) is 20.1. The zero-order chi connectivity index (χ0) is 30.0. The maximum atomic E-state index is 15.3. The number of hydrogen-bond donors (Lipinski definition) is 1. The van der Waals surface area contributed by atoms with E-state index in [1.807, 2.05) is 13.1 Å². The maximum absolute atomic E-state index is 15.3. The molecule has 42 heavy (non-hydrogen) atoms. The number of methoxy groups -OCH3 is 1. The molecule has 0 spiro atoms. The van der Waals surface area contributed by atoms with E-state index in [1.54, 1.807) is 12.1 Å². The Kier molecular flexibility index (Phi) is 8.48. The first-order valence-electron chi connectivity index (χ1n) is 13.2. The Hall–Kier alpha value is -4.39. The van der Waals surface area contributed by atoms with Gasteiger partial charge in [-0.1, -0.05) is 6.07 Å². The lowest BCUT2D eigenvalue weighted by molar-refractivity contribution is -0.118. The minimum atomic E-state index is -3.04. The maximum Gasteiger partial charge on any atom is 0.387 e. The minimum absolute atomic E-state index is 0.0347. The van der Waals surface area contributed by atoms with Crippen LogP contribution in [0.4, 0.5) is 29.2 Å². The van der Waals surface area contributed by atoms with E-state index in [9.17, 15) is 18.4 Å². The number of amides is 2. The van der Waals surface area contributed by atoms with E-state index in [-0.39, 0.29) is 35.0 Å².